The first-order valence-electron chi connectivity index (χ1n) is 9.51. The van der Waals surface area contributed by atoms with E-state index in [1.807, 2.05) is 20.8 Å². The van der Waals surface area contributed by atoms with E-state index in [0.29, 0.717) is 16.8 Å². The fourth-order valence-corrected chi connectivity index (χ4v) is 4.75. The summed E-state index contributed by atoms with van der Waals surface area (Å²) in [6.45, 7) is 6.27. The number of likely N-dealkylation sites (N-methyl/N-ethyl adjacent to an activating group) is 1. The summed E-state index contributed by atoms with van der Waals surface area (Å²) in [5.41, 5.74) is 0.135. The fourth-order valence-electron chi connectivity index (χ4n) is 4.75. The molecule has 9 heteroatoms. The van der Waals surface area contributed by atoms with Crippen LogP contribution in [0.3, 0.4) is 0 Å². The van der Waals surface area contributed by atoms with Gasteiger partial charge in [0.25, 0.3) is 5.91 Å². The first kappa shape index (κ1) is 19.2. The zero-order chi connectivity index (χ0) is 21.1. The highest BCUT2D eigenvalue weighted by Crippen LogP contribution is 2.49. The van der Waals surface area contributed by atoms with E-state index in [2.05, 4.69) is 4.98 Å². The molecule has 2 aromatic rings. The summed E-state index contributed by atoms with van der Waals surface area (Å²) in [6, 6.07) is 4.77. The summed E-state index contributed by atoms with van der Waals surface area (Å²) in [4.78, 5) is 46.5. The van der Waals surface area contributed by atoms with Crippen molar-refractivity contribution < 1.29 is 23.9 Å². The summed E-state index contributed by atoms with van der Waals surface area (Å²) < 4.78 is 5.29. The number of benzene rings is 1. The molecule has 9 nitrogen and oxygen atoms in total. The molecule has 0 bridgehead atoms. The van der Waals surface area contributed by atoms with Gasteiger partial charge >= 0.3 is 12.1 Å². The largest absolute Gasteiger partial charge is 0.465 e. The van der Waals surface area contributed by atoms with Gasteiger partial charge in [-0.05, 0) is 30.0 Å². The van der Waals surface area contributed by atoms with E-state index in [9.17, 15) is 19.5 Å². The lowest BCUT2D eigenvalue weighted by Crippen LogP contribution is -2.66. The second-order valence-electron chi connectivity index (χ2n) is 8.81. The third-order valence-electron chi connectivity index (χ3n) is 6.18. The molecule has 0 aliphatic carbocycles. The van der Waals surface area contributed by atoms with Crippen LogP contribution in [0.25, 0.3) is 11.1 Å². The third kappa shape index (κ3) is 2.67. The Morgan fingerprint density at radius 1 is 1.31 bits per heavy atom. The number of anilines is 1. The number of hydrogen-bond acceptors (Lipinski definition) is 5. The molecule has 1 aromatic carbocycles. The molecule has 2 atom stereocenters. The van der Waals surface area contributed by atoms with Crippen LogP contribution in [0.1, 0.15) is 27.2 Å². The van der Waals surface area contributed by atoms with E-state index in [1.165, 1.54) is 18.3 Å². The van der Waals surface area contributed by atoms with Gasteiger partial charge in [0, 0.05) is 31.7 Å². The minimum absolute atomic E-state index is 0.175. The topological polar surface area (TPSA) is 107 Å². The molecule has 4 rings (SSSR count). The fraction of sp³-hybridized carbons (Fsp3) is 0.500. The van der Waals surface area contributed by atoms with Gasteiger partial charge in [-0.25, -0.2) is 14.6 Å². The minimum atomic E-state index is -1.16. The van der Waals surface area contributed by atoms with Crippen molar-refractivity contribution in [3.8, 4) is 0 Å². The predicted octanol–water partition coefficient (Wildman–Crippen LogP) is 3.01. The number of carboxylic acid groups (broad SMARTS) is 1. The first-order chi connectivity index (χ1) is 13.6. The third-order valence-corrected chi connectivity index (χ3v) is 6.18. The Bertz CT molecular complexity index is 1010. The highest BCUT2D eigenvalue weighted by molar-refractivity contribution is 6.17. The van der Waals surface area contributed by atoms with E-state index >= 15 is 0 Å². The number of amides is 4. The summed E-state index contributed by atoms with van der Waals surface area (Å²) in [5.74, 6) is -0.693. The molecular formula is C20H24N4O5. The van der Waals surface area contributed by atoms with Crippen molar-refractivity contribution in [3.05, 3.63) is 24.6 Å². The monoisotopic (exact) mass is 400 g/mol. The van der Waals surface area contributed by atoms with Crippen LogP contribution >= 0.6 is 0 Å². The molecule has 1 spiro atoms. The van der Waals surface area contributed by atoms with Gasteiger partial charge in [-0.1, -0.05) is 20.8 Å². The molecule has 2 aliphatic rings. The van der Waals surface area contributed by atoms with Crippen LogP contribution < -0.4 is 4.90 Å². The van der Waals surface area contributed by atoms with Gasteiger partial charge in [0.2, 0.25) is 0 Å². The van der Waals surface area contributed by atoms with Crippen LogP contribution in [0, 0.1) is 11.3 Å². The number of fused-ring (bicyclic) bond motifs is 1. The SMILES string of the molecule is CN1C(=O)N(c2ccc3ocnc3c2)C2(CCN(C(=O)O)CC2C(C)(C)C)C1=O. The molecule has 0 saturated carbocycles. The molecule has 0 radical (unpaired) electrons. The molecule has 29 heavy (non-hydrogen) atoms. The molecule has 4 amide bonds. The van der Waals surface area contributed by atoms with Crippen LogP contribution in [-0.4, -0.2) is 63.6 Å². The second kappa shape index (κ2) is 6.20. The van der Waals surface area contributed by atoms with Crippen LogP contribution in [0.4, 0.5) is 15.3 Å². The minimum Gasteiger partial charge on any atom is -0.465 e. The first-order valence-corrected chi connectivity index (χ1v) is 9.51. The number of aromatic nitrogens is 1. The number of nitrogens with zero attached hydrogens (tertiary/aromatic N) is 4. The lowest BCUT2D eigenvalue weighted by Gasteiger charge is -2.51. The van der Waals surface area contributed by atoms with Gasteiger partial charge in [0.1, 0.15) is 11.1 Å². The molecular weight excluding hydrogens is 376 g/mol. The van der Waals surface area contributed by atoms with Gasteiger partial charge in [0.15, 0.2) is 12.0 Å². The number of piperidine rings is 1. The quantitative estimate of drug-likeness (QED) is 0.738. The number of rotatable bonds is 1. The Morgan fingerprint density at radius 3 is 2.69 bits per heavy atom. The molecule has 2 fully saturated rings. The van der Waals surface area contributed by atoms with Gasteiger partial charge in [-0.2, -0.15) is 0 Å². The summed E-state index contributed by atoms with van der Waals surface area (Å²) in [5, 5.41) is 9.53. The van der Waals surface area contributed by atoms with Crippen molar-refractivity contribution in [2.24, 2.45) is 11.3 Å². The van der Waals surface area contributed by atoms with Gasteiger partial charge < -0.3 is 14.4 Å². The zero-order valence-electron chi connectivity index (χ0n) is 16.9. The van der Waals surface area contributed by atoms with Crippen molar-refractivity contribution in [2.45, 2.75) is 32.7 Å². The molecule has 2 unspecified atom stereocenters. The Labute approximate surface area is 167 Å². The van der Waals surface area contributed by atoms with E-state index in [4.69, 9.17) is 4.42 Å². The molecule has 3 heterocycles. The van der Waals surface area contributed by atoms with E-state index in [0.717, 1.165) is 4.90 Å². The maximum absolute atomic E-state index is 13.5. The molecule has 1 aromatic heterocycles. The molecule has 2 saturated heterocycles. The average molecular weight is 400 g/mol. The van der Waals surface area contributed by atoms with Crippen molar-refractivity contribution in [1.82, 2.24) is 14.8 Å². The van der Waals surface area contributed by atoms with Crippen molar-refractivity contribution in [1.29, 1.82) is 0 Å². The maximum Gasteiger partial charge on any atom is 0.407 e. The summed E-state index contributed by atoms with van der Waals surface area (Å²) >= 11 is 0. The van der Waals surface area contributed by atoms with Gasteiger partial charge in [-0.15, -0.1) is 0 Å². The average Bonchev–Trinajstić information content (AvgIpc) is 3.19. The lowest BCUT2D eigenvalue weighted by molar-refractivity contribution is -0.136. The Balaban J connectivity index is 1.89. The second-order valence-corrected chi connectivity index (χ2v) is 8.81. The number of hydrogen-bond donors (Lipinski definition) is 1. The normalized spacial score (nSPS) is 25.5. The number of likely N-dealkylation sites (tertiary alicyclic amines) is 1. The lowest BCUT2D eigenvalue weighted by atomic mass is 9.64. The Morgan fingerprint density at radius 2 is 2.03 bits per heavy atom. The number of imide groups is 1. The summed E-state index contributed by atoms with van der Waals surface area (Å²) in [6.07, 6.45) is 0.540. The van der Waals surface area contributed by atoms with E-state index in [-0.39, 0.29) is 25.4 Å². The van der Waals surface area contributed by atoms with E-state index < -0.39 is 29.0 Å². The zero-order valence-corrected chi connectivity index (χ0v) is 16.9. The van der Waals surface area contributed by atoms with Gasteiger partial charge in [0.05, 0.1) is 0 Å². The predicted molar refractivity (Wildman–Crippen MR) is 105 cm³/mol. The Hall–Kier alpha value is -3.10. The van der Waals surface area contributed by atoms with Crippen molar-refractivity contribution in [3.63, 3.8) is 0 Å². The molecule has 154 valence electrons. The van der Waals surface area contributed by atoms with E-state index in [1.54, 1.807) is 23.1 Å². The number of urea groups is 1. The number of carbonyl (C=O) groups is 3. The van der Waals surface area contributed by atoms with Crippen LogP contribution in [0.2, 0.25) is 0 Å². The van der Waals surface area contributed by atoms with Crippen LogP contribution in [-0.2, 0) is 4.79 Å². The summed E-state index contributed by atoms with van der Waals surface area (Å²) in [7, 11) is 1.48. The highest BCUT2D eigenvalue weighted by Gasteiger charge is 2.64. The van der Waals surface area contributed by atoms with Crippen LogP contribution in [0.15, 0.2) is 29.0 Å². The Kier molecular flexibility index (Phi) is 4.11. The van der Waals surface area contributed by atoms with Crippen molar-refractivity contribution in [2.75, 3.05) is 25.0 Å². The highest BCUT2D eigenvalue weighted by atomic mass is 16.4. The van der Waals surface area contributed by atoms with Crippen molar-refractivity contribution >= 4 is 34.8 Å². The smallest absolute Gasteiger partial charge is 0.407 e. The van der Waals surface area contributed by atoms with Crippen LogP contribution in [0.5, 0.6) is 0 Å². The number of carbonyl (C=O) groups excluding carboxylic acids is 2. The standard InChI is InChI=1S/C20H24N4O5/c1-19(2,3)15-10-23(18(27)28)8-7-20(15)16(25)22(4)17(26)24(20)12-5-6-14-13(9-12)21-11-29-14/h5-6,9,11,15H,7-8,10H2,1-4H3,(H,27,28). The van der Waals surface area contributed by atoms with Gasteiger partial charge in [-0.3, -0.25) is 14.6 Å². The molecule has 2 aliphatic heterocycles. The maximum atomic E-state index is 13.5. The number of oxazole rings is 1. The molecule has 1 N–H and O–H groups in total.